The van der Waals surface area contributed by atoms with E-state index in [-0.39, 0.29) is 5.75 Å². The second kappa shape index (κ2) is 10.3. The van der Waals surface area contributed by atoms with Gasteiger partial charge in [0, 0.05) is 28.9 Å². The van der Waals surface area contributed by atoms with Gasteiger partial charge in [-0.1, -0.05) is 60.3 Å². The number of nitrogens with two attached hydrogens (primary N) is 1. The second-order valence-corrected chi connectivity index (χ2v) is 8.54. The molecule has 0 atom stereocenters. The first-order chi connectivity index (χ1) is 16.0. The Bertz CT molecular complexity index is 1300. The molecule has 0 aliphatic carbocycles. The number of hydrogen-bond acceptors (Lipinski definition) is 5. The molecule has 0 aliphatic heterocycles. The Balaban J connectivity index is 1.43. The molecule has 6 nitrogen and oxygen atoms in total. The zero-order chi connectivity index (χ0) is 23.2. The van der Waals surface area contributed by atoms with Gasteiger partial charge >= 0.3 is 0 Å². The van der Waals surface area contributed by atoms with E-state index in [1.165, 1.54) is 18.9 Å². The van der Waals surface area contributed by atoms with E-state index in [4.69, 9.17) is 10.5 Å². The maximum atomic E-state index is 12.0. The quantitative estimate of drug-likeness (QED) is 0.266. The molecule has 33 heavy (non-hydrogen) atoms. The largest absolute Gasteiger partial charge is 0.504 e. The first kappa shape index (κ1) is 22.5. The molecule has 4 aromatic rings. The van der Waals surface area contributed by atoms with E-state index in [1.807, 2.05) is 60.7 Å². The fourth-order valence-electron chi connectivity index (χ4n) is 3.51. The molecule has 0 saturated heterocycles. The van der Waals surface area contributed by atoms with E-state index in [1.54, 1.807) is 12.1 Å². The summed E-state index contributed by atoms with van der Waals surface area (Å²) in [6.07, 6.45) is 3.98. The van der Waals surface area contributed by atoms with Gasteiger partial charge in [0.1, 0.15) is 5.69 Å². The smallest absolute Gasteiger partial charge is 0.266 e. The monoisotopic (exact) mass is 459 g/mol. The highest BCUT2D eigenvalue weighted by Gasteiger charge is 2.17. The summed E-state index contributed by atoms with van der Waals surface area (Å²) in [5.74, 6) is 0.0992. The Labute approximate surface area is 196 Å². The van der Waals surface area contributed by atoms with Crippen molar-refractivity contribution >= 4 is 34.6 Å². The molecule has 5 N–H and O–H groups in total. The average molecular weight is 460 g/mol. The van der Waals surface area contributed by atoms with Gasteiger partial charge in [-0.05, 0) is 41.5 Å². The Morgan fingerprint density at radius 2 is 1.97 bits per heavy atom. The number of aromatic hydroxyl groups is 1. The Kier molecular flexibility index (Phi) is 7.02. The molecule has 3 aromatic carbocycles. The summed E-state index contributed by atoms with van der Waals surface area (Å²) < 4.78 is 5.13. The summed E-state index contributed by atoms with van der Waals surface area (Å²) in [5.41, 5.74) is 8.98. The van der Waals surface area contributed by atoms with E-state index in [2.05, 4.69) is 16.4 Å². The van der Waals surface area contributed by atoms with E-state index in [0.29, 0.717) is 24.5 Å². The number of aromatic amines is 1. The first-order valence-electron chi connectivity index (χ1n) is 10.5. The normalized spacial score (nSPS) is 11.3. The Morgan fingerprint density at radius 3 is 2.73 bits per heavy atom. The lowest BCUT2D eigenvalue weighted by Crippen LogP contribution is -2.12. The summed E-state index contributed by atoms with van der Waals surface area (Å²) in [6.45, 7) is 1.35. The lowest BCUT2D eigenvalue weighted by atomic mass is 10.1. The number of amides is 1. The molecule has 4 rings (SSSR count). The van der Waals surface area contributed by atoms with Gasteiger partial charge < -0.3 is 25.9 Å². The molecule has 168 valence electrons. The molecule has 1 heterocycles. The summed E-state index contributed by atoms with van der Waals surface area (Å²) >= 11 is 1.53. The van der Waals surface area contributed by atoms with Crippen LogP contribution in [0.15, 0.2) is 82.6 Å². The van der Waals surface area contributed by atoms with Crippen LogP contribution in [0.3, 0.4) is 0 Å². The van der Waals surface area contributed by atoms with Crippen molar-refractivity contribution in [2.45, 2.75) is 16.3 Å². The van der Waals surface area contributed by atoms with Crippen LogP contribution in [0.2, 0.25) is 0 Å². The maximum Gasteiger partial charge on any atom is 0.266 e. The van der Waals surface area contributed by atoms with Crippen LogP contribution >= 0.6 is 11.8 Å². The van der Waals surface area contributed by atoms with Crippen molar-refractivity contribution in [3.63, 3.8) is 0 Å². The molecular weight excluding hydrogens is 434 g/mol. The topological polar surface area (TPSA) is 100 Å². The van der Waals surface area contributed by atoms with Crippen LogP contribution in [0.5, 0.6) is 11.5 Å². The summed E-state index contributed by atoms with van der Waals surface area (Å²) in [5, 5.41) is 14.0. The standard InChI is InChI=1S/C26H25N3O3S/c1-32-23-15-17(10-12-22(23)30)6-5-13-28-16-18-9-11-20-21(14-18)29-24(26(27)31)25(20)33-19-7-3-2-4-8-19/h2-12,14-15,28-30H,13,16H2,1H3,(H2,27,31). The lowest BCUT2D eigenvalue weighted by molar-refractivity contribution is 0.0993. The number of carbonyl (C=O) groups excluding carboxylic acids is 1. The van der Waals surface area contributed by atoms with Gasteiger partial charge in [0.15, 0.2) is 11.5 Å². The Hall–Kier alpha value is -3.68. The van der Waals surface area contributed by atoms with Crippen LogP contribution in [0.4, 0.5) is 0 Å². The van der Waals surface area contributed by atoms with Crippen LogP contribution in [0, 0.1) is 0 Å². The predicted molar refractivity (Wildman–Crippen MR) is 133 cm³/mol. The second-order valence-electron chi connectivity index (χ2n) is 7.45. The van der Waals surface area contributed by atoms with Gasteiger partial charge in [-0.15, -0.1) is 0 Å². The first-order valence-corrected chi connectivity index (χ1v) is 11.3. The third-order valence-electron chi connectivity index (χ3n) is 5.13. The fourth-order valence-corrected chi connectivity index (χ4v) is 4.58. The van der Waals surface area contributed by atoms with Gasteiger partial charge in [-0.3, -0.25) is 4.79 Å². The van der Waals surface area contributed by atoms with Crippen molar-refractivity contribution < 1.29 is 14.6 Å². The van der Waals surface area contributed by atoms with Gasteiger partial charge in [-0.2, -0.15) is 0 Å². The third-order valence-corrected chi connectivity index (χ3v) is 6.27. The molecule has 0 saturated carbocycles. The van der Waals surface area contributed by atoms with E-state index < -0.39 is 5.91 Å². The number of phenols is 1. The maximum absolute atomic E-state index is 12.0. The number of nitrogens with one attached hydrogen (secondary N) is 2. The zero-order valence-electron chi connectivity index (χ0n) is 18.2. The van der Waals surface area contributed by atoms with Crippen molar-refractivity contribution in [2.24, 2.45) is 5.73 Å². The van der Waals surface area contributed by atoms with Crippen LogP contribution in [-0.2, 0) is 6.54 Å². The number of phenolic OH excluding ortho intramolecular Hbond substituents is 1. The number of aromatic nitrogens is 1. The molecule has 1 aromatic heterocycles. The van der Waals surface area contributed by atoms with Crippen molar-refractivity contribution in [3.8, 4) is 11.5 Å². The molecule has 7 heteroatoms. The van der Waals surface area contributed by atoms with Crippen molar-refractivity contribution in [1.82, 2.24) is 10.3 Å². The molecule has 0 fully saturated rings. The average Bonchev–Trinajstić information content (AvgIpc) is 3.18. The van der Waals surface area contributed by atoms with Crippen molar-refractivity contribution in [3.05, 3.63) is 89.6 Å². The van der Waals surface area contributed by atoms with Gasteiger partial charge in [0.05, 0.1) is 12.0 Å². The lowest BCUT2D eigenvalue weighted by Gasteiger charge is -2.05. The van der Waals surface area contributed by atoms with Gasteiger partial charge in [-0.25, -0.2) is 0 Å². The number of fused-ring (bicyclic) bond motifs is 1. The molecule has 0 unspecified atom stereocenters. The van der Waals surface area contributed by atoms with Crippen LogP contribution in [-0.4, -0.2) is 29.7 Å². The molecule has 1 amide bonds. The van der Waals surface area contributed by atoms with Crippen molar-refractivity contribution in [1.29, 1.82) is 0 Å². The summed E-state index contributed by atoms with van der Waals surface area (Å²) in [7, 11) is 1.53. The van der Waals surface area contributed by atoms with Crippen LogP contribution in [0.25, 0.3) is 17.0 Å². The number of methoxy groups -OCH3 is 1. The highest BCUT2D eigenvalue weighted by atomic mass is 32.2. The third kappa shape index (κ3) is 5.39. The molecule has 0 radical (unpaired) electrons. The van der Waals surface area contributed by atoms with Gasteiger partial charge in [0.2, 0.25) is 0 Å². The minimum atomic E-state index is -0.472. The number of H-pyrrole nitrogens is 1. The highest BCUT2D eigenvalue weighted by Crippen LogP contribution is 2.36. The SMILES string of the molecule is COc1cc(C=CCNCc2ccc3c(Sc4ccccc4)c(C(N)=O)[nH]c3c2)ccc1O. The van der Waals surface area contributed by atoms with E-state index in [9.17, 15) is 9.90 Å². The molecular formula is C26H25N3O3S. The molecule has 0 bridgehead atoms. The minimum Gasteiger partial charge on any atom is -0.504 e. The highest BCUT2D eigenvalue weighted by molar-refractivity contribution is 7.99. The predicted octanol–water partition coefficient (Wildman–Crippen LogP) is 4.94. The molecule has 0 spiro atoms. The summed E-state index contributed by atoms with van der Waals surface area (Å²) in [4.78, 5) is 17.1. The van der Waals surface area contributed by atoms with Crippen molar-refractivity contribution in [2.75, 3.05) is 13.7 Å². The number of rotatable bonds is 9. The number of hydrogen-bond donors (Lipinski definition) is 4. The van der Waals surface area contributed by atoms with Crippen LogP contribution in [0.1, 0.15) is 21.6 Å². The summed E-state index contributed by atoms with van der Waals surface area (Å²) in [6, 6.07) is 21.3. The fraction of sp³-hybridized carbons (Fsp3) is 0.115. The Morgan fingerprint density at radius 1 is 1.15 bits per heavy atom. The molecule has 0 aliphatic rings. The number of carbonyl (C=O) groups is 1. The van der Waals surface area contributed by atoms with E-state index >= 15 is 0 Å². The minimum absolute atomic E-state index is 0.123. The number of ether oxygens (including phenoxy) is 1. The number of primary amides is 1. The zero-order valence-corrected chi connectivity index (χ0v) is 19.0. The number of benzene rings is 3. The van der Waals surface area contributed by atoms with E-state index in [0.717, 1.165) is 31.8 Å². The van der Waals surface area contributed by atoms with Crippen LogP contribution < -0.4 is 15.8 Å². The van der Waals surface area contributed by atoms with Gasteiger partial charge in [0.25, 0.3) is 5.91 Å².